The molecule has 96 valence electrons. The van der Waals surface area contributed by atoms with Crippen molar-refractivity contribution in [1.29, 1.82) is 0 Å². The molecule has 10 heteroatoms. The molecule has 0 aliphatic carbocycles. The van der Waals surface area contributed by atoms with E-state index in [0.717, 1.165) is 49.8 Å². The van der Waals surface area contributed by atoms with E-state index >= 15 is 0 Å². The van der Waals surface area contributed by atoms with Gasteiger partial charge in [0.25, 0.3) is 0 Å². The molecule has 1 fully saturated rings. The minimum absolute atomic E-state index is 0. The average molecular weight is 304 g/mol. The van der Waals surface area contributed by atoms with Gasteiger partial charge in [-0.2, -0.15) is 15.7 Å². The van der Waals surface area contributed by atoms with Crippen LogP contribution in [0.3, 0.4) is 0 Å². The van der Waals surface area contributed by atoms with Crippen LogP contribution in [0.25, 0.3) is 0 Å². The van der Waals surface area contributed by atoms with Crippen molar-refractivity contribution in [1.82, 2.24) is 0 Å². The molecule has 0 unspecified atom stereocenters. The van der Waals surface area contributed by atoms with Gasteiger partial charge in [0.2, 0.25) is 0 Å². The summed E-state index contributed by atoms with van der Waals surface area (Å²) < 4.78 is 30.8. The average Bonchev–Trinajstić information content (AvgIpc) is 2.10. The summed E-state index contributed by atoms with van der Waals surface area (Å²) in [6.45, 7) is 0. The van der Waals surface area contributed by atoms with E-state index in [4.69, 9.17) is 0 Å². The number of rotatable bonds is 0. The Labute approximate surface area is 127 Å². The maximum atomic E-state index is 10.9. The summed E-state index contributed by atoms with van der Waals surface area (Å²) in [4.78, 5) is 0. The molecule has 0 aromatic carbocycles. The van der Waals surface area contributed by atoms with E-state index in [0.29, 0.717) is 11.5 Å². The van der Waals surface area contributed by atoms with Crippen LogP contribution in [0.5, 0.6) is 0 Å². The molecule has 1 saturated heterocycles. The van der Waals surface area contributed by atoms with Crippen LogP contribution in [-0.4, -0.2) is 60.4 Å². The fraction of sp³-hybridized carbons (Fsp3) is 1.00. The van der Waals surface area contributed by atoms with E-state index in [9.17, 15) is 8.42 Å². The molecular weight excluding hydrogens is 287 g/mol. The second-order valence-electron chi connectivity index (χ2n) is 2.60. The van der Waals surface area contributed by atoms with Crippen molar-refractivity contribution in [2.24, 2.45) is 0 Å². The van der Waals surface area contributed by atoms with Gasteiger partial charge in [-0.15, -0.1) is 0 Å². The monoisotopic (exact) mass is 304 g/mol. The van der Waals surface area contributed by atoms with Gasteiger partial charge >= 0.3 is 40.0 Å². The first-order valence-electron chi connectivity index (χ1n) is 4.08. The molecule has 6 nitrogen and oxygen atoms in total. The van der Waals surface area contributed by atoms with E-state index in [1.807, 2.05) is 0 Å². The molecule has 0 atom stereocenters. The summed E-state index contributed by atoms with van der Waals surface area (Å²) in [7, 11) is -3.77. The van der Waals surface area contributed by atoms with Crippen LogP contribution in [0, 0.1) is 0 Å². The first kappa shape index (κ1) is 22.7. The quantitative estimate of drug-likeness (QED) is 0.453. The molecule has 0 radical (unpaired) electrons. The summed E-state index contributed by atoms with van der Waals surface area (Å²) >= 11 is 1.88. The second kappa shape index (κ2) is 12.9. The molecule has 4 N–H and O–H groups in total. The third kappa shape index (κ3) is 12.0. The zero-order valence-corrected chi connectivity index (χ0v) is 10.5. The predicted molar refractivity (Wildman–Crippen MR) is 68.9 cm³/mol. The third-order valence-electron chi connectivity index (χ3n) is 1.47. The van der Waals surface area contributed by atoms with E-state index < -0.39 is 10.4 Å². The Bertz CT molecular complexity index is 216. The topological polar surface area (TPSA) is 116 Å². The maximum absolute atomic E-state index is 10.9. The summed E-state index contributed by atoms with van der Waals surface area (Å²) in [6, 6.07) is 0. The zero-order chi connectivity index (χ0) is 9.57. The fourth-order valence-electron chi connectivity index (χ4n) is 0.873. The van der Waals surface area contributed by atoms with Gasteiger partial charge in [-0.05, 0) is 12.8 Å². The van der Waals surface area contributed by atoms with Gasteiger partial charge in [-0.3, -0.25) is 0 Å². The molecule has 0 aromatic heterocycles. The molecule has 0 amide bonds. The first-order chi connectivity index (χ1) is 6.21. The summed E-state index contributed by atoms with van der Waals surface area (Å²) in [5, 5.41) is 0. The van der Waals surface area contributed by atoms with Gasteiger partial charge in [-0.1, -0.05) is 12.8 Å². The molecule has 1 rings (SSSR count). The number of hydrogen-bond donors (Lipinski definition) is 0. The third-order valence-corrected chi connectivity index (χ3v) is 4.48. The van der Waals surface area contributed by atoms with Crippen molar-refractivity contribution >= 4 is 64.0 Å². The molecule has 0 aromatic rings. The Morgan fingerprint density at radius 3 is 1.56 bits per heavy atom. The zero-order valence-electron chi connectivity index (χ0n) is 8.10. The first-order valence-corrected chi connectivity index (χ1v) is 7.23. The van der Waals surface area contributed by atoms with Crippen LogP contribution in [0.15, 0.2) is 0 Å². The standard InChI is InChI=1S/C6H12O4S3.Na.2H2O.H/c7-13(8)9-11-5-3-1-2-4-6-12-10-13;;;;/h1-6H2;;2*1H2;. The van der Waals surface area contributed by atoms with Crippen molar-refractivity contribution < 1.29 is 26.6 Å². The molecular formula is C6H17NaO6S3. The molecule has 1 heterocycles. The Morgan fingerprint density at radius 2 is 1.19 bits per heavy atom. The van der Waals surface area contributed by atoms with Crippen LogP contribution < -0.4 is 0 Å². The van der Waals surface area contributed by atoms with E-state index in [1.165, 1.54) is 0 Å². The summed E-state index contributed by atoms with van der Waals surface area (Å²) in [6.07, 6.45) is 4.23. The van der Waals surface area contributed by atoms with Gasteiger partial charge in [0, 0.05) is 35.6 Å². The van der Waals surface area contributed by atoms with Gasteiger partial charge in [0.1, 0.15) is 0 Å². The van der Waals surface area contributed by atoms with E-state index in [-0.39, 0.29) is 40.5 Å². The van der Waals surface area contributed by atoms with Gasteiger partial charge in [-0.25, -0.2) is 0 Å². The van der Waals surface area contributed by atoms with Crippen molar-refractivity contribution in [3.8, 4) is 0 Å². The normalized spacial score (nSPS) is 21.2. The van der Waals surface area contributed by atoms with E-state index in [1.54, 1.807) is 0 Å². The Hall–Kier alpha value is 1.49. The molecule has 1 aliphatic heterocycles. The van der Waals surface area contributed by atoms with Crippen LogP contribution >= 0.6 is 24.1 Å². The Kier molecular flexibility index (Phi) is 18.3. The van der Waals surface area contributed by atoms with Crippen molar-refractivity contribution in [3.05, 3.63) is 0 Å². The van der Waals surface area contributed by atoms with Gasteiger partial charge in [0.15, 0.2) is 0 Å². The minimum atomic E-state index is -3.77. The predicted octanol–water partition coefficient (Wildman–Crippen LogP) is -0.163. The van der Waals surface area contributed by atoms with Crippen LogP contribution in [-0.2, 0) is 17.7 Å². The molecule has 1 aliphatic rings. The second-order valence-corrected chi connectivity index (χ2v) is 5.80. The van der Waals surface area contributed by atoms with Crippen LogP contribution in [0.2, 0.25) is 0 Å². The van der Waals surface area contributed by atoms with Crippen molar-refractivity contribution in [2.45, 2.75) is 25.7 Å². The SMILES string of the molecule is O.O.O=S1(=O)OSCCCCCCSO1.[NaH]. The Balaban J connectivity index is -0.000000563. The van der Waals surface area contributed by atoms with Crippen LogP contribution in [0.1, 0.15) is 25.7 Å². The molecule has 16 heavy (non-hydrogen) atoms. The Morgan fingerprint density at radius 1 is 0.812 bits per heavy atom. The molecule has 0 bridgehead atoms. The summed E-state index contributed by atoms with van der Waals surface area (Å²) in [5.41, 5.74) is 0. The van der Waals surface area contributed by atoms with Crippen molar-refractivity contribution in [3.63, 3.8) is 0 Å². The fourth-order valence-corrected chi connectivity index (χ4v) is 3.30. The van der Waals surface area contributed by atoms with Gasteiger partial charge in [0.05, 0.1) is 0 Å². The molecule has 0 spiro atoms. The number of hydrogen-bond acceptors (Lipinski definition) is 6. The molecule has 0 saturated carbocycles. The van der Waals surface area contributed by atoms with Crippen molar-refractivity contribution in [2.75, 3.05) is 11.5 Å². The summed E-state index contributed by atoms with van der Waals surface area (Å²) in [5.74, 6) is 1.40. The van der Waals surface area contributed by atoms with E-state index in [2.05, 4.69) is 7.26 Å². The van der Waals surface area contributed by atoms with Gasteiger partial charge < -0.3 is 11.0 Å². The van der Waals surface area contributed by atoms with Crippen LogP contribution in [0.4, 0.5) is 0 Å².